The number of hydrogen-bond donors (Lipinski definition) is 0. The molecule has 0 bridgehead atoms. The van der Waals surface area contributed by atoms with Gasteiger partial charge in [0.15, 0.2) is 6.33 Å². The number of benzene rings is 1. The first kappa shape index (κ1) is 16.4. The molecule has 0 radical (unpaired) electrons. The topological polar surface area (TPSA) is 124 Å². The van der Waals surface area contributed by atoms with Crippen LogP contribution in [-0.2, 0) is 19.2 Å². The molecule has 1 fully saturated rings. The molecule has 1 aromatic heterocycles. The Bertz CT molecular complexity index is 765. The Balaban J connectivity index is 1.46. The van der Waals surface area contributed by atoms with Crippen LogP contribution in [0, 0.1) is 0 Å². The highest BCUT2D eigenvalue weighted by molar-refractivity contribution is 6.01. The fraction of sp³-hybridized carbons (Fsp3) is 0.267. The van der Waals surface area contributed by atoms with Gasteiger partial charge >= 0.3 is 5.97 Å². The summed E-state index contributed by atoms with van der Waals surface area (Å²) in [5.74, 6) is -0.821. The van der Waals surface area contributed by atoms with Crippen LogP contribution in [0.4, 0.5) is 0 Å². The molecule has 1 saturated heterocycles. The minimum Gasteiger partial charge on any atom is -0.493 e. The minimum atomic E-state index is -0.713. The van der Waals surface area contributed by atoms with E-state index in [4.69, 9.17) is 9.57 Å². The molecular formula is C15H13N5O5. The first-order valence-electron chi connectivity index (χ1n) is 7.43. The zero-order chi connectivity index (χ0) is 17.6. The molecule has 10 nitrogen and oxygen atoms in total. The van der Waals surface area contributed by atoms with Crippen molar-refractivity contribution in [3.8, 4) is 17.1 Å². The fourth-order valence-electron chi connectivity index (χ4n) is 2.08. The van der Waals surface area contributed by atoms with Crippen LogP contribution in [0.25, 0.3) is 11.4 Å². The molecule has 1 aliphatic rings. The van der Waals surface area contributed by atoms with Crippen molar-refractivity contribution < 1.29 is 24.0 Å². The summed E-state index contributed by atoms with van der Waals surface area (Å²) in [4.78, 5) is 39.1. The molecular weight excluding hydrogens is 330 g/mol. The van der Waals surface area contributed by atoms with Crippen molar-refractivity contribution in [3.63, 3.8) is 0 Å². The summed E-state index contributed by atoms with van der Waals surface area (Å²) in [6.45, 7) is 0.0410. The molecule has 0 saturated carbocycles. The number of ether oxygens (including phenoxy) is 1. The zero-order valence-corrected chi connectivity index (χ0v) is 13.0. The van der Waals surface area contributed by atoms with Crippen molar-refractivity contribution in [3.05, 3.63) is 30.6 Å². The van der Waals surface area contributed by atoms with E-state index in [1.54, 1.807) is 24.3 Å². The number of aromatic nitrogens is 4. The zero-order valence-electron chi connectivity index (χ0n) is 13.0. The third-order valence-electron chi connectivity index (χ3n) is 3.29. The lowest BCUT2D eigenvalue weighted by Crippen LogP contribution is -2.32. The molecule has 0 spiro atoms. The van der Waals surface area contributed by atoms with Crippen molar-refractivity contribution in [2.24, 2.45) is 0 Å². The van der Waals surface area contributed by atoms with Gasteiger partial charge in [0.25, 0.3) is 11.8 Å². The Labute approximate surface area is 141 Å². The van der Waals surface area contributed by atoms with Gasteiger partial charge in [-0.2, -0.15) is 0 Å². The molecule has 25 heavy (non-hydrogen) atoms. The Morgan fingerprint density at radius 3 is 2.32 bits per heavy atom. The van der Waals surface area contributed by atoms with Crippen LogP contribution in [0.15, 0.2) is 30.6 Å². The van der Waals surface area contributed by atoms with Gasteiger partial charge in [0.05, 0.1) is 13.0 Å². The maximum absolute atomic E-state index is 11.6. The van der Waals surface area contributed by atoms with Gasteiger partial charge in [-0.1, -0.05) is 0 Å². The average molecular weight is 343 g/mol. The SMILES string of the molecule is O=C(CCOc1ccc(-c2nncnn2)cc1)ON1C(=O)CCC1=O. The minimum absolute atomic E-state index is 0.0410. The van der Waals surface area contributed by atoms with E-state index < -0.39 is 17.8 Å². The van der Waals surface area contributed by atoms with Crippen LogP contribution < -0.4 is 4.74 Å². The Hall–Kier alpha value is -3.43. The number of imide groups is 1. The van der Waals surface area contributed by atoms with Gasteiger partial charge in [-0.3, -0.25) is 9.59 Å². The van der Waals surface area contributed by atoms with Crippen LogP contribution in [0.2, 0.25) is 0 Å². The van der Waals surface area contributed by atoms with Crippen molar-refractivity contribution in [2.45, 2.75) is 19.3 Å². The van der Waals surface area contributed by atoms with Crippen LogP contribution in [0.5, 0.6) is 5.75 Å². The quantitative estimate of drug-likeness (QED) is 0.681. The number of nitrogens with zero attached hydrogens (tertiary/aromatic N) is 5. The number of hydroxylamine groups is 2. The summed E-state index contributed by atoms with van der Waals surface area (Å²) in [6, 6.07) is 6.83. The summed E-state index contributed by atoms with van der Waals surface area (Å²) < 4.78 is 5.42. The maximum atomic E-state index is 11.6. The molecule has 2 aromatic rings. The van der Waals surface area contributed by atoms with Crippen LogP contribution >= 0.6 is 0 Å². The molecule has 0 unspecified atom stereocenters. The lowest BCUT2D eigenvalue weighted by Gasteiger charge is -2.12. The predicted octanol–water partition coefficient (Wildman–Crippen LogP) is 0.310. The van der Waals surface area contributed by atoms with Crippen molar-refractivity contribution >= 4 is 17.8 Å². The third-order valence-corrected chi connectivity index (χ3v) is 3.29. The lowest BCUT2D eigenvalue weighted by molar-refractivity contribution is -0.197. The summed E-state index contributed by atoms with van der Waals surface area (Å²) in [5.41, 5.74) is 0.721. The number of rotatable bonds is 6. The van der Waals surface area contributed by atoms with Crippen LogP contribution in [0.3, 0.4) is 0 Å². The standard InChI is InChI=1S/C15H13N5O5/c21-12-5-6-13(22)20(12)25-14(23)7-8-24-11-3-1-10(2-4-11)15-18-16-9-17-19-15/h1-4,9H,5-8H2. The smallest absolute Gasteiger partial charge is 0.336 e. The summed E-state index contributed by atoms with van der Waals surface area (Å²) in [6.07, 6.45) is 1.26. The molecule has 2 heterocycles. The molecule has 1 aromatic carbocycles. The highest BCUT2D eigenvalue weighted by Crippen LogP contribution is 2.18. The second-order valence-corrected chi connectivity index (χ2v) is 5.04. The van der Waals surface area contributed by atoms with Gasteiger partial charge in [0, 0.05) is 18.4 Å². The summed E-state index contributed by atoms with van der Waals surface area (Å²) in [5, 5.41) is 15.5. The van der Waals surface area contributed by atoms with E-state index in [9.17, 15) is 14.4 Å². The number of carbonyl (C=O) groups excluding carboxylic acids is 3. The van der Waals surface area contributed by atoms with E-state index in [2.05, 4.69) is 20.4 Å². The van der Waals surface area contributed by atoms with Gasteiger partial charge < -0.3 is 9.57 Å². The second-order valence-electron chi connectivity index (χ2n) is 5.04. The van der Waals surface area contributed by atoms with E-state index in [-0.39, 0.29) is 25.9 Å². The Morgan fingerprint density at radius 1 is 1.04 bits per heavy atom. The van der Waals surface area contributed by atoms with Gasteiger partial charge in [-0.25, -0.2) is 4.79 Å². The van der Waals surface area contributed by atoms with Crippen molar-refractivity contribution in [1.82, 2.24) is 25.5 Å². The van der Waals surface area contributed by atoms with E-state index in [1.165, 1.54) is 6.33 Å². The molecule has 2 amide bonds. The molecule has 0 atom stereocenters. The maximum Gasteiger partial charge on any atom is 0.336 e. The van der Waals surface area contributed by atoms with Crippen molar-refractivity contribution in [1.29, 1.82) is 0 Å². The number of hydrogen-bond acceptors (Lipinski definition) is 9. The Morgan fingerprint density at radius 2 is 1.68 bits per heavy atom. The van der Waals surface area contributed by atoms with Gasteiger partial charge in [-0.15, -0.1) is 25.5 Å². The summed E-state index contributed by atoms with van der Waals surface area (Å²) >= 11 is 0. The molecule has 10 heteroatoms. The first-order chi connectivity index (χ1) is 12.1. The van der Waals surface area contributed by atoms with Crippen LogP contribution in [-0.4, -0.2) is 49.8 Å². The largest absolute Gasteiger partial charge is 0.493 e. The predicted molar refractivity (Wildman–Crippen MR) is 80.3 cm³/mol. The van der Waals surface area contributed by atoms with Gasteiger partial charge in [0.2, 0.25) is 5.82 Å². The molecule has 3 rings (SSSR count). The van der Waals surface area contributed by atoms with E-state index >= 15 is 0 Å². The molecule has 128 valence electrons. The van der Waals surface area contributed by atoms with Gasteiger partial charge in [0.1, 0.15) is 5.75 Å². The monoisotopic (exact) mass is 343 g/mol. The van der Waals surface area contributed by atoms with Gasteiger partial charge in [-0.05, 0) is 24.3 Å². The highest BCUT2D eigenvalue weighted by Gasteiger charge is 2.32. The summed E-state index contributed by atoms with van der Waals surface area (Å²) in [7, 11) is 0. The third kappa shape index (κ3) is 4.10. The van der Waals surface area contributed by atoms with E-state index in [1.807, 2.05) is 0 Å². The molecule has 0 N–H and O–H groups in total. The van der Waals surface area contributed by atoms with Crippen LogP contribution in [0.1, 0.15) is 19.3 Å². The van der Waals surface area contributed by atoms with E-state index in [0.29, 0.717) is 16.6 Å². The number of carbonyl (C=O) groups is 3. The highest BCUT2D eigenvalue weighted by atomic mass is 16.7. The lowest BCUT2D eigenvalue weighted by atomic mass is 10.2. The number of amides is 2. The van der Waals surface area contributed by atoms with E-state index in [0.717, 1.165) is 5.56 Å². The average Bonchev–Trinajstić information content (AvgIpc) is 2.95. The molecule has 0 aliphatic carbocycles. The normalized spacial score (nSPS) is 13.8. The Kier molecular flexibility index (Phi) is 4.88. The first-order valence-corrected chi connectivity index (χ1v) is 7.43. The second kappa shape index (κ2) is 7.43. The van der Waals surface area contributed by atoms with Crippen molar-refractivity contribution in [2.75, 3.05) is 6.61 Å². The fourth-order valence-corrected chi connectivity index (χ4v) is 2.08. The molecule has 1 aliphatic heterocycles.